The molecule has 0 amide bonds. The first-order valence-electron chi connectivity index (χ1n) is 6.05. The van der Waals surface area contributed by atoms with E-state index in [-0.39, 0.29) is 0 Å². The number of nitrogens with zero attached hydrogens (tertiary/aromatic N) is 2. The molecular weight excluding hydrogens is 226 g/mol. The van der Waals surface area contributed by atoms with E-state index in [2.05, 4.69) is 22.1 Å². The minimum atomic E-state index is 0.652. The van der Waals surface area contributed by atoms with Crippen LogP contribution in [-0.4, -0.2) is 30.0 Å². The predicted molar refractivity (Wildman–Crippen MR) is 73.7 cm³/mol. The van der Waals surface area contributed by atoms with Gasteiger partial charge in [-0.3, -0.25) is 0 Å². The molecule has 0 saturated heterocycles. The lowest BCUT2D eigenvalue weighted by Crippen LogP contribution is -2.11. The number of rotatable bonds is 7. The number of hydrogen-bond acceptors (Lipinski definition) is 4. The van der Waals surface area contributed by atoms with Crippen LogP contribution < -0.4 is 5.32 Å². The van der Waals surface area contributed by atoms with Crippen molar-refractivity contribution in [3.8, 4) is 0 Å². The highest BCUT2D eigenvalue weighted by atomic mass is 16.5. The summed E-state index contributed by atoms with van der Waals surface area (Å²) in [6, 6.07) is 8.04. The molecule has 0 atom stereocenters. The van der Waals surface area contributed by atoms with Crippen molar-refractivity contribution in [3.05, 3.63) is 43.1 Å². The molecule has 2 aromatic rings. The van der Waals surface area contributed by atoms with Crippen molar-refractivity contribution in [1.82, 2.24) is 10.2 Å². The smallest absolute Gasteiger partial charge is 0.156 e. The molecule has 0 radical (unpaired) electrons. The third kappa shape index (κ3) is 3.28. The molecule has 4 nitrogen and oxygen atoms in total. The SMILES string of the molecule is C=CCCOCCNc1nncc2ccccc12. The summed E-state index contributed by atoms with van der Waals surface area (Å²) in [5, 5.41) is 13.5. The van der Waals surface area contributed by atoms with E-state index in [0.717, 1.165) is 29.6 Å². The lowest BCUT2D eigenvalue weighted by molar-refractivity contribution is 0.149. The summed E-state index contributed by atoms with van der Waals surface area (Å²) in [6.07, 6.45) is 4.50. The molecule has 1 aromatic heterocycles. The van der Waals surface area contributed by atoms with E-state index in [9.17, 15) is 0 Å². The largest absolute Gasteiger partial charge is 0.379 e. The van der Waals surface area contributed by atoms with Crippen molar-refractivity contribution in [1.29, 1.82) is 0 Å². The van der Waals surface area contributed by atoms with Crippen LogP contribution in [0.5, 0.6) is 0 Å². The predicted octanol–water partition coefficient (Wildman–Crippen LogP) is 2.63. The van der Waals surface area contributed by atoms with E-state index in [1.807, 2.05) is 30.3 Å². The first-order valence-corrected chi connectivity index (χ1v) is 6.05. The van der Waals surface area contributed by atoms with Gasteiger partial charge in [-0.15, -0.1) is 11.7 Å². The first-order chi connectivity index (χ1) is 8.92. The lowest BCUT2D eigenvalue weighted by Gasteiger charge is -2.07. The summed E-state index contributed by atoms with van der Waals surface area (Å²) < 4.78 is 5.43. The Hall–Kier alpha value is -1.94. The highest BCUT2D eigenvalue weighted by molar-refractivity contribution is 5.90. The van der Waals surface area contributed by atoms with Crippen molar-refractivity contribution in [2.45, 2.75) is 6.42 Å². The van der Waals surface area contributed by atoms with Crippen molar-refractivity contribution < 1.29 is 4.74 Å². The number of ether oxygens (including phenoxy) is 1. The van der Waals surface area contributed by atoms with Gasteiger partial charge in [0.1, 0.15) is 0 Å². The molecule has 0 unspecified atom stereocenters. The molecule has 0 fully saturated rings. The minimum Gasteiger partial charge on any atom is -0.379 e. The van der Waals surface area contributed by atoms with Crippen LogP contribution in [0.1, 0.15) is 6.42 Å². The molecule has 1 N–H and O–H groups in total. The molecule has 0 bridgehead atoms. The number of fused-ring (bicyclic) bond motifs is 1. The second kappa shape index (κ2) is 6.71. The number of nitrogens with one attached hydrogen (secondary N) is 1. The summed E-state index contributed by atoms with van der Waals surface area (Å²) in [7, 11) is 0. The molecule has 0 spiro atoms. The van der Waals surface area contributed by atoms with Crippen LogP contribution in [0.25, 0.3) is 10.8 Å². The summed E-state index contributed by atoms with van der Waals surface area (Å²) in [5.41, 5.74) is 0. The Morgan fingerprint density at radius 1 is 1.28 bits per heavy atom. The van der Waals surface area contributed by atoms with Gasteiger partial charge in [-0.1, -0.05) is 30.3 Å². The van der Waals surface area contributed by atoms with Crippen LogP contribution >= 0.6 is 0 Å². The van der Waals surface area contributed by atoms with Gasteiger partial charge in [-0.2, -0.15) is 5.10 Å². The fraction of sp³-hybridized carbons (Fsp3) is 0.286. The van der Waals surface area contributed by atoms with Gasteiger partial charge in [0.2, 0.25) is 0 Å². The summed E-state index contributed by atoms with van der Waals surface area (Å²) in [5.74, 6) is 0.806. The number of anilines is 1. The van der Waals surface area contributed by atoms with Gasteiger partial charge >= 0.3 is 0 Å². The van der Waals surface area contributed by atoms with Crippen molar-refractivity contribution in [2.24, 2.45) is 0 Å². The molecular formula is C14H17N3O. The highest BCUT2D eigenvalue weighted by Crippen LogP contribution is 2.18. The zero-order chi connectivity index (χ0) is 12.6. The minimum absolute atomic E-state index is 0.652. The number of aromatic nitrogens is 2. The molecule has 2 rings (SSSR count). The van der Waals surface area contributed by atoms with Crippen LogP contribution in [0.15, 0.2) is 43.1 Å². The molecule has 18 heavy (non-hydrogen) atoms. The van der Waals surface area contributed by atoms with Crippen molar-refractivity contribution >= 4 is 16.6 Å². The third-order valence-electron chi connectivity index (χ3n) is 2.58. The van der Waals surface area contributed by atoms with Gasteiger partial charge in [0.15, 0.2) is 5.82 Å². The second-order valence-corrected chi connectivity index (χ2v) is 3.90. The van der Waals surface area contributed by atoms with Crippen LogP contribution in [0, 0.1) is 0 Å². The summed E-state index contributed by atoms with van der Waals surface area (Å²) in [4.78, 5) is 0. The first kappa shape index (κ1) is 12.5. The average molecular weight is 243 g/mol. The van der Waals surface area contributed by atoms with Gasteiger partial charge < -0.3 is 10.1 Å². The molecule has 0 saturated carbocycles. The van der Waals surface area contributed by atoms with E-state index in [4.69, 9.17) is 4.74 Å². The van der Waals surface area contributed by atoms with Gasteiger partial charge in [0.05, 0.1) is 19.4 Å². The maximum absolute atomic E-state index is 5.43. The Kier molecular flexibility index (Phi) is 4.67. The van der Waals surface area contributed by atoms with Crippen molar-refractivity contribution in [2.75, 3.05) is 25.1 Å². The standard InChI is InChI=1S/C14H17N3O/c1-2-3-9-18-10-8-15-14-13-7-5-4-6-12(13)11-16-17-14/h2,4-7,11H,1,3,8-10H2,(H,15,17). The molecule has 94 valence electrons. The Morgan fingerprint density at radius 2 is 2.17 bits per heavy atom. The Morgan fingerprint density at radius 3 is 3.06 bits per heavy atom. The van der Waals surface area contributed by atoms with Crippen molar-refractivity contribution in [3.63, 3.8) is 0 Å². The normalized spacial score (nSPS) is 10.4. The molecule has 1 aromatic carbocycles. The fourth-order valence-corrected chi connectivity index (χ4v) is 1.67. The van der Waals surface area contributed by atoms with Gasteiger partial charge in [-0.05, 0) is 6.42 Å². The van der Waals surface area contributed by atoms with E-state index in [0.29, 0.717) is 13.2 Å². The van der Waals surface area contributed by atoms with Crippen LogP contribution in [-0.2, 0) is 4.74 Å². The van der Waals surface area contributed by atoms with Crippen LogP contribution in [0.4, 0.5) is 5.82 Å². The summed E-state index contributed by atoms with van der Waals surface area (Å²) >= 11 is 0. The molecule has 4 heteroatoms. The van der Waals surface area contributed by atoms with Crippen LogP contribution in [0.3, 0.4) is 0 Å². The van der Waals surface area contributed by atoms with Gasteiger partial charge in [-0.25, -0.2) is 0 Å². The monoisotopic (exact) mass is 243 g/mol. The van der Waals surface area contributed by atoms with E-state index in [1.165, 1.54) is 0 Å². The summed E-state index contributed by atoms with van der Waals surface area (Å²) in [6.45, 7) is 5.73. The van der Waals surface area contributed by atoms with E-state index < -0.39 is 0 Å². The topological polar surface area (TPSA) is 47.0 Å². The Labute approximate surface area is 107 Å². The zero-order valence-corrected chi connectivity index (χ0v) is 10.3. The number of benzene rings is 1. The Balaban J connectivity index is 1.89. The van der Waals surface area contributed by atoms with E-state index >= 15 is 0 Å². The molecule has 0 aliphatic carbocycles. The van der Waals surface area contributed by atoms with Gasteiger partial charge in [0.25, 0.3) is 0 Å². The number of hydrogen-bond donors (Lipinski definition) is 1. The quantitative estimate of drug-likeness (QED) is 0.600. The third-order valence-corrected chi connectivity index (χ3v) is 2.58. The average Bonchev–Trinajstić information content (AvgIpc) is 2.43. The second-order valence-electron chi connectivity index (χ2n) is 3.90. The lowest BCUT2D eigenvalue weighted by atomic mass is 10.2. The Bertz CT molecular complexity index is 508. The van der Waals surface area contributed by atoms with Gasteiger partial charge in [0, 0.05) is 17.3 Å². The van der Waals surface area contributed by atoms with E-state index in [1.54, 1.807) is 6.20 Å². The highest BCUT2D eigenvalue weighted by Gasteiger charge is 2.01. The van der Waals surface area contributed by atoms with Crippen LogP contribution in [0.2, 0.25) is 0 Å². The molecule has 0 aliphatic heterocycles. The fourth-order valence-electron chi connectivity index (χ4n) is 1.67. The zero-order valence-electron chi connectivity index (χ0n) is 10.3. The molecule has 1 heterocycles. The maximum atomic E-state index is 5.43. The molecule has 0 aliphatic rings. The maximum Gasteiger partial charge on any atom is 0.156 e.